The molecule has 0 saturated heterocycles. The van der Waals surface area contributed by atoms with Crippen molar-refractivity contribution in [3.05, 3.63) is 60.2 Å². The lowest BCUT2D eigenvalue weighted by atomic mass is 9.91. The number of benzene rings is 2. The Morgan fingerprint density at radius 2 is 1.81 bits per heavy atom. The van der Waals surface area contributed by atoms with E-state index in [1.165, 1.54) is 0 Å². The van der Waals surface area contributed by atoms with Crippen LogP contribution in [0.1, 0.15) is 31.2 Å². The minimum Gasteiger partial charge on any atom is -0.357 e. The van der Waals surface area contributed by atoms with Gasteiger partial charge in [0.1, 0.15) is 0 Å². The maximum atomic E-state index is 12.4. The first kappa shape index (κ1) is 25.1. The summed E-state index contributed by atoms with van der Waals surface area (Å²) in [6.07, 6.45) is 0.867. The second kappa shape index (κ2) is 12.0. The van der Waals surface area contributed by atoms with Crippen LogP contribution >= 0.6 is 24.0 Å². The molecule has 0 radical (unpaired) electrons. The molecule has 168 valence electrons. The molecule has 0 aromatic heterocycles. The summed E-state index contributed by atoms with van der Waals surface area (Å²) in [7, 11) is -3.28. The molecule has 1 aliphatic heterocycles. The van der Waals surface area contributed by atoms with Gasteiger partial charge in [-0.2, -0.15) is 0 Å². The first-order chi connectivity index (χ1) is 14.5. The predicted octanol–water partition coefficient (Wildman–Crippen LogP) is 3.15. The summed E-state index contributed by atoms with van der Waals surface area (Å²) in [5.41, 5.74) is 1.93. The average molecular weight is 556 g/mol. The van der Waals surface area contributed by atoms with Gasteiger partial charge in [-0.3, -0.25) is 9.79 Å². The molecule has 0 spiro atoms. The van der Waals surface area contributed by atoms with Gasteiger partial charge >= 0.3 is 0 Å². The minimum absolute atomic E-state index is 0. The fourth-order valence-corrected chi connectivity index (χ4v) is 4.75. The molecule has 1 heterocycles. The lowest BCUT2D eigenvalue weighted by Gasteiger charge is -2.24. The third-order valence-corrected chi connectivity index (χ3v) is 6.72. The molecule has 1 amide bonds. The number of aliphatic imine (C=N–C) groups is 1. The Morgan fingerprint density at radius 3 is 2.55 bits per heavy atom. The predicted molar refractivity (Wildman–Crippen MR) is 135 cm³/mol. The summed E-state index contributed by atoms with van der Waals surface area (Å²) >= 11 is 0. The van der Waals surface area contributed by atoms with Crippen molar-refractivity contribution in [1.29, 1.82) is 0 Å². The number of anilines is 1. The summed E-state index contributed by atoms with van der Waals surface area (Å²) in [6, 6.07) is 16.3. The number of carbonyl (C=O) groups excluding carboxylic acids is 1. The van der Waals surface area contributed by atoms with Crippen molar-refractivity contribution in [3.8, 4) is 0 Å². The van der Waals surface area contributed by atoms with E-state index in [-0.39, 0.29) is 41.6 Å². The van der Waals surface area contributed by atoms with Gasteiger partial charge in [0, 0.05) is 31.1 Å². The number of para-hydroxylation sites is 1. The Hall–Kier alpha value is -2.14. The molecule has 0 bridgehead atoms. The van der Waals surface area contributed by atoms with Crippen LogP contribution < -0.4 is 16.0 Å². The topological polar surface area (TPSA) is 99.7 Å². The van der Waals surface area contributed by atoms with Crippen molar-refractivity contribution in [2.24, 2.45) is 4.99 Å². The number of hydrogen-bond donors (Lipinski definition) is 3. The Balaban J connectivity index is 0.00000341. The van der Waals surface area contributed by atoms with Crippen molar-refractivity contribution < 1.29 is 13.2 Å². The van der Waals surface area contributed by atoms with E-state index in [1.807, 2.05) is 31.2 Å². The van der Waals surface area contributed by atoms with Gasteiger partial charge in [0.2, 0.25) is 5.91 Å². The lowest BCUT2D eigenvalue weighted by Crippen LogP contribution is -2.38. The number of halogens is 1. The molecule has 9 heteroatoms. The van der Waals surface area contributed by atoms with Gasteiger partial charge in [0.25, 0.3) is 0 Å². The number of guanidine groups is 1. The summed E-state index contributed by atoms with van der Waals surface area (Å²) in [5, 5.41) is 9.27. The van der Waals surface area contributed by atoms with Crippen molar-refractivity contribution >= 4 is 51.4 Å². The van der Waals surface area contributed by atoms with Gasteiger partial charge in [0.05, 0.1) is 17.2 Å². The second-order valence-electron chi connectivity index (χ2n) is 7.17. The number of amides is 1. The quantitative estimate of drug-likeness (QED) is 0.201. The number of nitrogens with zero attached hydrogens (tertiary/aromatic N) is 1. The number of hydrogen-bond acceptors (Lipinski definition) is 4. The Morgan fingerprint density at radius 1 is 1.10 bits per heavy atom. The molecular formula is C22H29IN4O3S. The number of rotatable bonds is 8. The third-order valence-electron chi connectivity index (χ3n) is 4.91. The summed E-state index contributed by atoms with van der Waals surface area (Å²) in [6.45, 7) is 3.62. The van der Waals surface area contributed by atoms with Crippen LogP contribution in [-0.4, -0.2) is 45.7 Å². The van der Waals surface area contributed by atoms with E-state index in [0.29, 0.717) is 43.3 Å². The van der Waals surface area contributed by atoms with Gasteiger partial charge < -0.3 is 16.0 Å². The Bertz CT molecular complexity index is 997. The lowest BCUT2D eigenvalue weighted by molar-refractivity contribution is -0.116. The molecular weight excluding hydrogens is 527 g/mol. The number of fused-ring (bicyclic) bond motifs is 1. The highest BCUT2D eigenvalue weighted by Gasteiger charge is 2.24. The highest BCUT2D eigenvalue weighted by Crippen LogP contribution is 2.31. The molecule has 2 aromatic rings. The van der Waals surface area contributed by atoms with Crippen LogP contribution in [0.4, 0.5) is 5.69 Å². The third kappa shape index (κ3) is 7.20. The first-order valence-electron chi connectivity index (χ1n) is 10.2. The summed E-state index contributed by atoms with van der Waals surface area (Å²) < 4.78 is 24.7. The van der Waals surface area contributed by atoms with E-state index in [4.69, 9.17) is 0 Å². The van der Waals surface area contributed by atoms with Crippen molar-refractivity contribution in [2.45, 2.75) is 30.6 Å². The molecule has 1 unspecified atom stereocenters. The molecule has 0 aliphatic carbocycles. The zero-order valence-corrected chi connectivity index (χ0v) is 20.7. The van der Waals surface area contributed by atoms with Gasteiger partial charge in [-0.25, -0.2) is 8.42 Å². The summed E-state index contributed by atoms with van der Waals surface area (Å²) in [4.78, 5) is 17.0. The molecule has 3 N–H and O–H groups in total. The zero-order chi connectivity index (χ0) is 21.4. The second-order valence-corrected chi connectivity index (χ2v) is 9.28. The van der Waals surface area contributed by atoms with Crippen molar-refractivity contribution in [3.63, 3.8) is 0 Å². The maximum Gasteiger partial charge on any atom is 0.225 e. The highest BCUT2D eigenvalue weighted by atomic mass is 127. The molecule has 0 saturated carbocycles. The number of carbonyl (C=O) groups is 1. The SMILES string of the molecule is CCNC(=NCC1CC(=O)Nc2ccccc21)NCCCS(=O)(=O)c1ccccc1.I. The van der Waals surface area contributed by atoms with Gasteiger partial charge in [-0.15, -0.1) is 24.0 Å². The van der Waals surface area contributed by atoms with Gasteiger partial charge in [-0.05, 0) is 37.1 Å². The van der Waals surface area contributed by atoms with Crippen LogP contribution in [0.2, 0.25) is 0 Å². The largest absolute Gasteiger partial charge is 0.357 e. The van der Waals surface area contributed by atoms with Gasteiger partial charge in [0.15, 0.2) is 15.8 Å². The Kier molecular flexibility index (Phi) is 9.76. The molecule has 2 aromatic carbocycles. The van der Waals surface area contributed by atoms with Crippen LogP contribution in [0.25, 0.3) is 0 Å². The van der Waals surface area contributed by atoms with E-state index in [1.54, 1.807) is 30.3 Å². The van der Waals surface area contributed by atoms with Crippen LogP contribution in [0.3, 0.4) is 0 Å². The average Bonchev–Trinajstić information content (AvgIpc) is 2.75. The molecule has 1 atom stereocenters. The molecule has 7 nitrogen and oxygen atoms in total. The monoisotopic (exact) mass is 556 g/mol. The van der Waals surface area contributed by atoms with Crippen LogP contribution in [0, 0.1) is 0 Å². The Labute approximate surface area is 201 Å². The molecule has 31 heavy (non-hydrogen) atoms. The van der Waals surface area contributed by atoms with E-state index < -0.39 is 9.84 Å². The van der Waals surface area contributed by atoms with Crippen molar-refractivity contribution in [1.82, 2.24) is 10.6 Å². The van der Waals surface area contributed by atoms with Crippen LogP contribution in [-0.2, 0) is 14.6 Å². The van der Waals surface area contributed by atoms with E-state index >= 15 is 0 Å². The summed E-state index contributed by atoms with van der Waals surface area (Å²) in [5.74, 6) is 0.708. The minimum atomic E-state index is -3.28. The van der Waals surface area contributed by atoms with Crippen molar-refractivity contribution in [2.75, 3.05) is 30.7 Å². The van der Waals surface area contributed by atoms with Crippen LogP contribution in [0.5, 0.6) is 0 Å². The number of nitrogens with one attached hydrogen (secondary N) is 3. The van der Waals surface area contributed by atoms with Gasteiger partial charge in [-0.1, -0.05) is 36.4 Å². The normalized spacial score (nSPS) is 16.0. The molecule has 0 fully saturated rings. The zero-order valence-electron chi connectivity index (χ0n) is 17.5. The fourth-order valence-electron chi connectivity index (χ4n) is 3.42. The van der Waals surface area contributed by atoms with E-state index in [9.17, 15) is 13.2 Å². The molecule has 3 rings (SSSR count). The standard InChI is InChI=1S/C22H28N4O3S.HI/c1-2-23-22(24-13-8-14-30(28,29)18-9-4-3-5-10-18)25-16-17-15-21(27)26-20-12-7-6-11-19(17)20;/h3-7,9-12,17H,2,8,13-16H2,1H3,(H,26,27)(H2,23,24,25);1H. The molecule has 1 aliphatic rings. The van der Waals surface area contributed by atoms with E-state index in [2.05, 4.69) is 20.9 Å². The van der Waals surface area contributed by atoms with Crippen LogP contribution in [0.15, 0.2) is 64.5 Å². The van der Waals surface area contributed by atoms with E-state index in [0.717, 1.165) is 11.3 Å². The number of sulfone groups is 1. The fraction of sp³-hybridized carbons (Fsp3) is 0.364. The first-order valence-corrected chi connectivity index (χ1v) is 11.8. The smallest absolute Gasteiger partial charge is 0.225 e. The highest BCUT2D eigenvalue weighted by molar-refractivity contribution is 14.0. The maximum absolute atomic E-state index is 12.4.